The van der Waals surface area contributed by atoms with Crippen LogP contribution < -0.4 is 0 Å². The summed E-state index contributed by atoms with van der Waals surface area (Å²) in [5.74, 6) is 12.0. The van der Waals surface area contributed by atoms with Gasteiger partial charge in [-0.15, -0.1) is 0 Å². The fraction of sp³-hybridized carbons (Fsp3) is 0.214. The Morgan fingerprint density at radius 3 is 1.47 bits per heavy atom. The van der Waals surface area contributed by atoms with Gasteiger partial charge in [-0.2, -0.15) is 0 Å². The highest BCUT2D eigenvalue weighted by Gasteiger charge is 2.23. The Bertz CT molecular complexity index is 1230. The molecule has 0 spiro atoms. The molecule has 0 atom stereocenters. The minimum absolute atomic E-state index is 0.0337. The van der Waals surface area contributed by atoms with Crippen molar-refractivity contribution in [3.63, 3.8) is 0 Å². The molecule has 0 saturated carbocycles. The van der Waals surface area contributed by atoms with Crippen LogP contribution in [0.4, 0.5) is 9.59 Å². The summed E-state index contributed by atoms with van der Waals surface area (Å²) in [5.41, 5.74) is 5.31. The first-order valence-electron chi connectivity index (χ1n) is 11.0. The molecule has 6 nitrogen and oxygen atoms in total. The van der Waals surface area contributed by atoms with Gasteiger partial charge in [-0.3, -0.25) is 9.80 Å². The Labute approximate surface area is 200 Å². The summed E-state index contributed by atoms with van der Waals surface area (Å²) < 4.78 is 0. The maximum absolute atomic E-state index is 12.3. The number of rotatable bonds is 2. The minimum Gasteiger partial charge on any atom is -0.324 e. The van der Waals surface area contributed by atoms with E-state index >= 15 is 0 Å². The summed E-state index contributed by atoms with van der Waals surface area (Å²) in [6.07, 6.45) is 4.07. The van der Waals surface area contributed by atoms with Crippen LogP contribution in [0.1, 0.15) is 22.3 Å². The molecule has 0 aliphatic carbocycles. The number of nitrogens with zero attached hydrogens (tertiary/aromatic N) is 4. The molecule has 0 saturated heterocycles. The SMILES string of the molecule is CN1CC=C(c2cccc(C#CC#Cc3cccc(C4=CCN(C)C(=O)N4C)c3)c2)N(C)C1=O. The van der Waals surface area contributed by atoms with Crippen molar-refractivity contribution in [2.45, 2.75) is 0 Å². The number of urea groups is 2. The van der Waals surface area contributed by atoms with E-state index in [1.165, 1.54) is 0 Å². The molecule has 2 aliphatic heterocycles. The summed E-state index contributed by atoms with van der Waals surface area (Å²) in [6, 6.07) is 15.5. The van der Waals surface area contributed by atoms with Gasteiger partial charge in [0.1, 0.15) is 0 Å². The Morgan fingerprint density at radius 2 is 1.06 bits per heavy atom. The van der Waals surface area contributed by atoms with Crippen molar-refractivity contribution < 1.29 is 9.59 Å². The molecule has 2 aromatic rings. The molecular weight excluding hydrogens is 424 g/mol. The van der Waals surface area contributed by atoms with Gasteiger partial charge < -0.3 is 9.80 Å². The van der Waals surface area contributed by atoms with E-state index in [0.29, 0.717) is 13.1 Å². The fourth-order valence-electron chi connectivity index (χ4n) is 3.94. The Balaban J connectivity index is 1.51. The van der Waals surface area contributed by atoms with E-state index in [2.05, 4.69) is 23.7 Å². The highest BCUT2D eigenvalue weighted by atomic mass is 16.2. The van der Waals surface area contributed by atoms with E-state index in [1.54, 1.807) is 47.8 Å². The van der Waals surface area contributed by atoms with Crippen LogP contribution in [-0.2, 0) is 0 Å². The molecule has 34 heavy (non-hydrogen) atoms. The van der Waals surface area contributed by atoms with Crippen molar-refractivity contribution in [3.05, 3.63) is 82.9 Å². The number of likely N-dealkylation sites (N-methyl/N-ethyl adjacent to an activating group) is 2. The van der Waals surface area contributed by atoms with Crippen molar-refractivity contribution in [3.8, 4) is 23.7 Å². The van der Waals surface area contributed by atoms with Crippen LogP contribution in [0, 0.1) is 23.7 Å². The van der Waals surface area contributed by atoms with Crippen LogP contribution in [-0.4, -0.2) is 72.9 Å². The first-order valence-corrected chi connectivity index (χ1v) is 11.0. The molecule has 0 bridgehead atoms. The molecule has 0 radical (unpaired) electrons. The zero-order chi connectivity index (χ0) is 24.2. The van der Waals surface area contributed by atoms with Crippen LogP contribution in [0.25, 0.3) is 11.4 Å². The monoisotopic (exact) mass is 450 g/mol. The molecule has 170 valence electrons. The number of hydrogen-bond donors (Lipinski definition) is 0. The highest BCUT2D eigenvalue weighted by Crippen LogP contribution is 2.24. The van der Waals surface area contributed by atoms with Gasteiger partial charge in [0.15, 0.2) is 0 Å². The van der Waals surface area contributed by atoms with E-state index in [4.69, 9.17) is 0 Å². The van der Waals surface area contributed by atoms with E-state index in [0.717, 1.165) is 33.6 Å². The second kappa shape index (κ2) is 9.60. The average Bonchev–Trinajstić information content (AvgIpc) is 2.84. The highest BCUT2D eigenvalue weighted by molar-refractivity contribution is 5.88. The zero-order valence-corrected chi connectivity index (χ0v) is 19.8. The van der Waals surface area contributed by atoms with Crippen molar-refractivity contribution >= 4 is 23.5 Å². The molecule has 0 N–H and O–H groups in total. The molecule has 0 fully saturated rings. The van der Waals surface area contributed by atoms with Crippen LogP contribution in [0.3, 0.4) is 0 Å². The number of carbonyl (C=O) groups is 2. The van der Waals surface area contributed by atoms with Crippen molar-refractivity contribution in [2.75, 3.05) is 41.3 Å². The lowest BCUT2D eigenvalue weighted by atomic mass is 10.1. The maximum atomic E-state index is 12.3. The minimum atomic E-state index is -0.0337. The summed E-state index contributed by atoms with van der Waals surface area (Å²) in [4.78, 5) is 31.1. The first-order chi connectivity index (χ1) is 16.3. The maximum Gasteiger partial charge on any atom is 0.324 e. The van der Waals surface area contributed by atoms with E-state index < -0.39 is 0 Å². The lowest BCUT2D eigenvalue weighted by Gasteiger charge is -2.31. The standard InChI is InChI=1S/C28H26N4O2/c1-29-17-15-25(31(3)27(29)33)23-13-7-11-21(19-23)9-5-6-10-22-12-8-14-24(20-22)26-16-18-30(2)28(34)32(26)4/h7-8,11-16,19-20H,17-18H2,1-4H3. The molecule has 2 aromatic carbocycles. The Kier molecular flexibility index (Phi) is 6.43. The lowest BCUT2D eigenvalue weighted by Crippen LogP contribution is -2.41. The van der Waals surface area contributed by atoms with Gasteiger partial charge in [-0.05, 0) is 59.4 Å². The van der Waals surface area contributed by atoms with Gasteiger partial charge in [-0.25, -0.2) is 9.59 Å². The number of benzene rings is 2. The van der Waals surface area contributed by atoms with Crippen LogP contribution >= 0.6 is 0 Å². The topological polar surface area (TPSA) is 47.1 Å². The van der Waals surface area contributed by atoms with Crippen LogP contribution in [0.15, 0.2) is 60.7 Å². The number of hydrogen-bond acceptors (Lipinski definition) is 2. The van der Waals surface area contributed by atoms with Crippen molar-refractivity contribution in [2.24, 2.45) is 0 Å². The third-order valence-corrected chi connectivity index (χ3v) is 5.86. The predicted octanol–water partition coefficient (Wildman–Crippen LogP) is 3.77. The molecule has 4 rings (SSSR count). The Hall–Kier alpha value is -4.42. The first kappa shape index (κ1) is 22.8. The van der Waals surface area contributed by atoms with E-state index in [1.807, 2.05) is 60.7 Å². The molecule has 0 unspecified atom stereocenters. The summed E-state index contributed by atoms with van der Waals surface area (Å²) >= 11 is 0. The molecule has 2 heterocycles. The van der Waals surface area contributed by atoms with Gasteiger partial charge in [0.05, 0.1) is 11.4 Å². The van der Waals surface area contributed by atoms with Gasteiger partial charge >= 0.3 is 12.1 Å². The van der Waals surface area contributed by atoms with Crippen molar-refractivity contribution in [1.82, 2.24) is 19.6 Å². The van der Waals surface area contributed by atoms with E-state index in [9.17, 15) is 9.59 Å². The van der Waals surface area contributed by atoms with Gasteiger partial charge in [-0.1, -0.05) is 36.1 Å². The third kappa shape index (κ3) is 4.67. The zero-order valence-electron chi connectivity index (χ0n) is 19.8. The quantitative estimate of drug-likeness (QED) is 0.654. The van der Waals surface area contributed by atoms with Gasteiger partial charge in [0, 0.05) is 52.4 Å². The van der Waals surface area contributed by atoms with Gasteiger partial charge in [0.2, 0.25) is 0 Å². The molecule has 2 aliphatic rings. The van der Waals surface area contributed by atoms with E-state index in [-0.39, 0.29) is 12.1 Å². The lowest BCUT2D eigenvalue weighted by molar-refractivity contribution is 0.189. The number of amides is 4. The third-order valence-electron chi connectivity index (χ3n) is 5.86. The molecule has 4 amide bonds. The van der Waals surface area contributed by atoms with Crippen molar-refractivity contribution in [1.29, 1.82) is 0 Å². The second-order valence-corrected chi connectivity index (χ2v) is 8.28. The molecule has 6 heteroatoms. The molecule has 0 aromatic heterocycles. The van der Waals surface area contributed by atoms with Gasteiger partial charge in [0.25, 0.3) is 0 Å². The predicted molar refractivity (Wildman–Crippen MR) is 134 cm³/mol. The molecular formula is C28H26N4O2. The van der Waals surface area contributed by atoms with Crippen LogP contribution in [0.5, 0.6) is 0 Å². The summed E-state index contributed by atoms with van der Waals surface area (Å²) in [7, 11) is 7.11. The normalized spacial score (nSPS) is 15.8. The number of carbonyl (C=O) groups excluding carboxylic acids is 2. The summed E-state index contributed by atoms with van der Waals surface area (Å²) in [5, 5.41) is 0. The Morgan fingerprint density at radius 1 is 0.647 bits per heavy atom. The van der Waals surface area contributed by atoms with Crippen LogP contribution in [0.2, 0.25) is 0 Å². The largest absolute Gasteiger partial charge is 0.324 e. The second-order valence-electron chi connectivity index (χ2n) is 8.28. The summed E-state index contributed by atoms with van der Waals surface area (Å²) in [6.45, 7) is 1.16. The smallest absolute Gasteiger partial charge is 0.324 e. The average molecular weight is 451 g/mol. The fourth-order valence-corrected chi connectivity index (χ4v) is 3.94.